The number of halogens is 1. The normalized spacial score (nSPS) is 26.5. The van der Waals surface area contributed by atoms with E-state index in [9.17, 15) is 25.1 Å². The molecule has 0 aliphatic carbocycles. The van der Waals surface area contributed by atoms with Gasteiger partial charge in [0.25, 0.3) is 5.91 Å². The van der Waals surface area contributed by atoms with Gasteiger partial charge in [-0.25, -0.2) is 9.18 Å². The number of phenols is 2. The van der Waals surface area contributed by atoms with Crippen LogP contribution in [-0.4, -0.2) is 108 Å². The molecule has 4 bridgehead atoms. The van der Waals surface area contributed by atoms with Crippen LogP contribution in [0.4, 0.5) is 4.39 Å². The zero-order valence-electron chi connectivity index (χ0n) is 35.9. The molecule has 1 amide bonds. The SMILES string of the molecule is COc1cc2c(cc1O)CCN(C(=O)c1ccccc1F)[C@]21CS[C@@H]2c3c(OC(C)=O)c(C)c4c(c3[C@H](COC1=O)N1[C@@H]2[C@@H]2c3c(cc(C)c(OC)c3O)C[C@@H]([C@@H]1C#N)N2C)OCO4. The number of fused-ring (bicyclic) bond motifs is 9. The second-order valence-electron chi connectivity index (χ2n) is 17.1. The lowest BCUT2D eigenvalue weighted by atomic mass is 9.71. The maximum absolute atomic E-state index is 15.7. The Labute approximate surface area is 372 Å². The van der Waals surface area contributed by atoms with E-state index in [4.69, 9.17) is 28.4 Å². The van der Waals surface area contributed by atoms with Gasteiger partial charge in [0.1, 0.15) is 24.2 Å². The number of nitrogens with zero attached hydrogens (tertiary/aromatic N) is 4. The molecule has 1 spiro atoms. The molecule has 7 aliphatic heterocycles. The lowest BCUT2D eigenvalue weighted by Crippen LogP contribution is -2.69. The minimum atomic E-state index is -1.96. The number of carbonyl (C=O) groups is 3. The summed E-state index contributed by atoms with van der Waals surface area (Å²) in [6, 6.07) is 9.70. The maximum atomic E-state index is 15.7. The van der Waals surface area contributed by atoms with Crippen molar-refractivity contribution >= 4 is 29.6 Å². The summed E-state index contributed by atoms with van der Waals surface area (Å²) in [6.07, 6.45) is 0.609. The Bertz CT molecular complexity index is 2740. The predicted molar refractivity (Wildman–Crippen MR) is 227 cm³/mol. The number of phenolic OH excluding ortho intramolecular Hbond substituents is 2. The summed E-state index contributed by atoms with van der Waals surface area (Å²) in [5.41, 5.74) is 2.41. The number of esters is 2. The van der Waals surface area contributed by atoms with Crippen LogP contribution in [0.25, 0.3) is 0 Å². The fourth-order valence-electron chi connectivity index (χ4n) is 11.3. The van der Waals surface area contributed by atoms with Crippen LogP contribution in [0, 0.1) is 31.0 Å². The van der Waals surface area contributed by atoms with E-state index in [-0.39, 0.29) is 60.7 Å². The molecule has 64 heavy (non-hydrogen) atoms. The third-order valence-electron chi connectivity index (χ3n) is 14.0. The van der Waals surface area contributed by atoms with Crippen LogP contribution in [0.15, 0.2) is 42.5 Å². The van der Waals surface area contributed by atoms with Gasteiger partial charge in [0.05, 0.1) is 43.2 Å². The van der Waals surface area contributed by atoms with Gasteiger partial charge in [0.15, 0.2) is 40.0 Å². The van der Waals surface area contributed by atoms with Crippen molar-refractivity contribution in [3.63, 3.8) is 0 Å². The molecule has 2 saturated heterocycles. The smallest absolute Gasteiger partial charge is 0.337 e. The highest BCUT2D eigenvalue weighted by molar-refractivity contribution is 7.99. The Hall–Kier alpha value is -6.22. The summed E-state index contributed by atoms with van der Waals surface area (Å²) in [5.74, 6) is -2.10. The molecule has 7 atom stereocenters. The summed E-state index contributed by atoms with van der Waals surface area (Å²) in [6.45, 7) is 4.34. The highest BCUT2D eigenvalue weighted by Crippen LogP contribution is 2.65. The van der Waals surface area contributed by atoms with Gasteiger partial charge in [-0.05, 0) is 80.3 Å². The first-order chi connectivity index (χ1) is 30.8. The van der Waals surface area contributed by atoms with Gasteiger partial charge < -0.3 is 43.5 Å². The minimum Gasteiger partial charge on any atom is -0.504 e. The van der Waals surface area contributed by atoms with Crippen molar-refractivity contribution in [3.8, 4) is 46.3 Å². The topological polar surface area (TPSA) is 181 Å². The summed E-state index contributed by atoms with van der Waals surface area (Å²) in [4.78, 5) is 49.1. The number of nitriles is 1. The van der Waals surface area contributed by atoms with Crippen molar-refractivity contribution in [3.05, 3.63) is 98.4 Å². The first-order valence-corrected chi connectivity index (χ1v) is 22.0. The fraction of sp³-hybridized carbons (Fsp3) is 0.404. The molecule has 11 rings (SSSR count). The number of likely N-dealkylation sites (N-methyl/N-ethyl adjacent to an activating group) is 1. The molecule has 332 valence electrons. The monoisotopic (exact) mass is 892 g/mol. The highest BCUT2D eigenvalue weighted by atomic mass is 32.2. The molecule has 4 aromatic carbocycles. The Morgan fingerprint density at radius 2 is 1.77 bits per heavy atom. The molecule has 0 saturated carbocycles. The molecular weight excluding hydrogens is 848 g/mol. The lowest BCUT2D eigenvalue weighted by Gasteiger charge is -2.62. The standard InChI is InChI=1S/C47H45FN4O11S/c1-21-13-25-14-29-30(17-49)52-31-18-60-46(57)47(27-16-33(58-5)32(54)15-24(27)11-12-51(47)45(56)26-9-7-8-10-28(26)48)19-64-44(38(52)37(50(29)4)34(25)39(55)40(21)59-6)36-35(31)43-42(61-20-62-43)22(2)41(36)63-23(3)53/h7-10,13,15-16,29-31,37-38,44,54-55H,11-12,14,18-20H2,1-6H3/t29-,30-,31-,37-,38+,44+,47+/m0/s1. The molecular formula is C47H45FN4O11S. The number of benzene rings is 4. The van der Waals surface area contributed by atoms with Gasteiger partial charge >= 0.3 is 11.9 Å². The van der Waals surface area contributed by atoms with E-state index in [0.29, 0.717) is 57.1 Å². The van der Waals surface area contributed by atoms with Crippen LogP contribution in [-0.2, 0) is 32.7 Å². The number of piperazine rings is 1. The number of carbonyl (C=O) groups excluding carboxylic acids is 3. The van der Waals surface area contributed by atoms with Crippen LogP contribution in [0.5, 0.6) is 40.2 Å². The number of ether oxygens (including phenoxy) is 6. The van der Waals surface area contributed by atoms with Crippen molar-refractivity contribution in [1.29, 1.82) is 5.26 Å². The molecule has 0 aromatic heterocycles. The number of methoxy groups -OCH3 is 2. The lowest BCUT2D eigenvalue weighted by molar-refractivity contribution is -0.162. The Morgan fingerprint density at radius 1 is 1.00 bits per heavy atom. The van der Waals surface area contributed by atoms with E-state index < -0.39 is 64.7 Å². The van der Waals surface area contributed by atoms with Crippen LogP contribution in [0.1, 0.15) is 79.1 Å². The number of hydrogen-bond acceptors (Lipinski definition) is 15. The van der Waals surface area contributed by atoms with Crippen LogP contribution in [0.3, 0.4) is 0 Å². The zero-order chi connectivity index (χ0) is 45.1. The van der Waals surface area contributed by atoms with Gasteiger partial charge in [-0.2, -0.15) is 5.26 Å². The maximum Gasteiger partial charge on any atom is 0.337 e. The van der Waals surface area contributed by atoms with Crippen molar-refractivity contribution in [2.75, 3.05) is 47.0 Å². The summed E-state index contributed by atoms with van der Waals surface area (Å²) in [5, 5.41) is 33.7. The summed E-state index contributed by atoms with van der Waals surface area (Å²) >= 11 is 1.28. The summed E-state index contributed by atoms with van der Waals surface area (Å²) < 4.78 is 52.0. The van der Waals surface area contributed by atoms with Gasteiger partial charge in [-0.3, -0.25) is 19.4 Å². The van der Waals surface area contributed by atoms with E-state index in [0.717, 1.165) is 11.1 Å². The number of rotatable bonds is 4. The van der Waals surface area contributed by atoms with Gasteiger partial charge in [0, 0.05) is 53.6 Å². The average molecular weight is 893 g/mol. The Morgan fingerprint density at radius 3 is 2.48 bits per heavy atom. The van der Waals surface area contributed by atoms with Crippen LogP contribution >= 0.6 is 11.8 Å². The number of hydrogen-bond donors (Lipinski definition) is 2. The molecule has 0 radical (unpaired) electrons. The van der Waals surface area contributed by atoms with E-state index in [1.54, 1.807) is 13.0 Å². The largest absolute Gasteiger partial charge is 0.504 e. The van der Waals surface area contributed by atoms with Gasteiger partial charge in [-0.1, -0.05) is 18.2 Å². The first-order valence-electron chi connectivity index (χ1n) is 21.0. The number of thioether (sulfide) groups is 1. The molecule has 0 unspecified atom stereocenters. The molecule has 7 aliphatic rings. The Kier molecular flexibility index (Phi) is 9.93. The number of aryl methyl sites for hydroxylation is 1. The molecule has 15 nitrogen and oxygen atoms in total. The molecule has 2 fully saturated rings. The Balaban J connectivity index is 1.27. The second-order valence-corrected chi connectivity index (χ2v) is 18.2. The average Bonchev–Trinajstić information content (AvgIpc) is 3.76. The van der Waals surface area contributed by atoms with Crippen molar-refractivity contribution < 1.29 is 57.4 Å². The van der Waals surface area contributed by atoms with E-state index in [2.05, 4.69) is 15.9 Å². The second kappa shape index (κ2) is 15.2. The molecule has 17 heteroatoms. The van der Waals surface area contributed by atoms with Crippen LogP contribution in [0.2, 0.25) is 0 Å². The van der Waals surface area contributed by atoms with E-state index in [1.807, 2.05) is 20.0 Å². The molecule has 4 aromatic rings. The molecule has 7 heterocycles. The van der Waals surface area contributed by atoms with E-state index in [1.165, 1.54) is 68.1 Å². The van der Waals surface area contributed by atoms with Crippen molar-refractivity contribution in [2.45, 2.75) is 74.6 Å². The van der Waals surface area contributed by atoms with Crippen LogP contribution < -0.4 is 23.7 Å². The van der Waals surface area contributed by atoms with E-state index >= 15 is 9.18 Å². The fourth-order valence-corrected chi connectivity index (χ4v) is 13.1. The third kappa shape index (κ3) is 5.74. The number of aromatic hydroxyl groups is 2. The first kappa shape index (κ1) is 41.8. The summed E-state index contributed by atoms with van der Waals surface area (Å²) in [7, 11) is 4.80. The van der Waals surface area contributed by atoms with Gasteiger partial charge in [0.2, 0.25) is 6.79 Å². The third-order valence-corrected chi connectivity index (χ3v) is 15.5. The predicted octanol–water partition coefficient (Wildman–Crippen LogP) is 5.68. The van der Waals surface area contributed by atoms with Crippen molar-refractivity contribution in [2.24, 2.45) is 0 Å². The number of amides is 1. The van der Waals surface area contributed by atoms with Gasteiger partial charge in [-0.15, -0.1) is 11.8 Å². The van der Waals surface area contributed by atoms with Crippen molar-refractivity contribution in [1.82, 2.24) is 14.7 Å². The molecule has 2 N–H and O–H groups in total. The highest BCUT2D eigenvalue weighted by Gasteiger charge is 2.63. The minimum absolute atomic E-state index is 0.0407. The quantitative estimate of drug-likeness (QED) is 0.189. The zero-order valence-corrected chi connectivity index (χ0v) is 36.7.